The van der Waals surface area contributed by atoms with E-state index in [0.29, 0.717) is 17.4 Å². The highest BCUT2D eigenvalue weighted by molar-refractivity contribution is 7.45. The van der Waals surface area contributed by atoms with E-state index in [-0.39, 0.29) is 31.3 Å². The molecule has 0 saturated carbocycles. The molecule has 0 aliphatic carbocycles. The zero-order valence-electron chi connectivity index (χ0n) is 46.3. The van der Waals surface area contributed by atoms with Crippen molar-refractivity contribution in [1.29, 1.82) is 0 Å². The number of carbonyl (C=O) groups is 2. The van der Waals surface area contributed by atoms with Crippen molar-refractivity contribution in [1.82, 2.24) is 5.32 Å². The molecule has 0 rings (SSSR count). The van der Waals surface area contributed by atoms with Crippen molar-refractivity contribution < 1.29 is 37.3 Å². The summed E-state index contributed by atoms with van der Waals surface area (Å²) in [7, 11) is 1.18. The quantitative estimate of drug-likeness (QED) is 0.0161. The SMILES string of the molecule is CCCCCCCCC/C=C/C=C/CCCCCC(=O)NC(COP(=O)([O-])OCC[N+](C)(C)C)C(/C=C/CCCCCCCCCCCC)OC(=O)CCCCCCCCCCCCCCCCC. The van der Waals surface area contributed by atoms with E-state index in [2.05, 4.69) is 50.4 Å². The van der Waals surface area contributed by atoms with Crippen LogP contribution in [0.1, 0.15) is 278 Å². The van der Waals surface area contributed by atoms with Crippen LogP contribution in [0.15, 0.2) is 36.5 Å². The first-order valence-electron chi connectivity index (χ1n) is 29.3. The fraction of sp³-hybridized carbons (Fsp3) is 0.864. The molecule has 0 aromatic carbocycles. The maximum Gasteiger partial charge on any atom is 0.306 e. The molecule has 69 heavy (non-hydrogen) atoms. The van der Waals surface area contributed by atoms with Gasteiger partial charge in [-0.1, -0.05) is 244 Å². The number of phosphoric acid groups is 1. The molecule has 406 valence electrons. The lowest BCUT2D eigenvalue weighted by Gasteiger charge is -2.30. The minimum absolute atomic E-state index is 0.0253. The van der Waals surface area contributed by atoms with Gasteiger partial charge >= 0.3 is 5.97 Å². The average molecular weight is 994 g/mol. The van der Waals surface area contributed by atoms with E-state index >= 15 is 0 Å². The van der Waals surface area contributed by atoms with Crippen LogP contribution in [-0.4, -0.2) is 69.4 Å². The molecule has 1 N–H and O–H groups in total. The van der Waals surface area contributed by atoms with Crippen LogP contribution in [0.4, 0.5) is 0 Å². The Labute approximate surface area is 427 Å². The number of amides is 1. The van der Waals surface area contributed by atoms with Crippen LogP contribution in [0.25, 0.3) is 0 Å². The van der Waals surface area contributed by atoms with E-state index < -0.39 is 26.6 Å². The number of phosphoric ester groups is 1. The Hall–Kier alpha value is -1.77. The molecule has 3 atom stereocenters. The molecule has 0 heterocycles. The average Bonchev–Trinajstić information content (AvgIpc) is 3.31. The van der Waals surface area contributed by atoms with Gasteiger partial charge in [-0.05, 0) is 57.4 Å². The number of hydrogen-bond acceptors (Lipinski definition) is 7. The number of likely N-dealkylation sites (N-methyl/N-ethyl adjacent to an activating group) is 1. The van der Waals surface area contributed by atoms with Gasteiger partial charge in [0.25, 0.3) is 7.82 Å². The van der Waals surface area contributed by atoms with Crippen LogP contribution in [0.3, 0.4) is 0 Å². The predicted molar refractivity (Wildman–Crippen MR) is 293 cm³/mol. The van der Waals surface area contributed by atoms with Gasteiger partial charge in [0.05, 0.1) is 33.8 Å². The number of hydrogen-bond donors (Lipinski definition) is 1. The molecule has 0 saturated heterocycles. The highest BCUT2D eigenvalue weighted by Crippen LogP contribution is 2.38. The number of rotatable bonds is 53. The summed E-state index contributed by atoms with van der Waals surface area (Å²) in [5.74, 6) is -0.562. The van der Waals surface area contributed by atoms with Crippen LogP contribution in [0, 0.1) is 0 Å². The Balaban J connectivity index is 5.36. The molecule has 0 aliphatic rings. The van der Waals surface area contributed by atoms with Gasteiger partial charge in [-0.3, -0.25) is 14.2 Å². The second kappa shape index (κ2) is 49.8. The summed E-state index contributed by atoms with van der Waals surface area (Å²) >= 11 is 0. The van der Waals surface area contributed by atoms with Crippen molar-refractivity contribution in [2.24, 2.45) is 0 Å². The van der Waals surface area contributed by atoms with Gasteiger partial charge in [0.2, 0.25) is 5.91 Å². The van der Waals surface area contributed by atoms with Crippen LogP contribution in [0.5, 0.6) is 0 Å². The fourth-order valence-electron chi connectivity index (χ4n) is 8.51. The van der Waals surface area contributed by atoms with Gasteiger partial charge in [0.1, 0.15) is 19.3 Å². The maximum atomic E-state index is 13.5. The van der Waals surface area contributed by atoms with E-state index in [0.717, 1.165) is 64.2 Å². The molecular formula is C59H113N2O7P. The zero-order chi connectivity index (χ0) is 50.8. The van der Waals surface area contributed by atoms with E-state index in [1.165, 1.54) is 173 Å². The molecular weight excluding hydrogens is 880 g/mol. The first-order chi connectivity index (χ1) is 33.4. The Morgan fingerprint density at radius 3 is 1.29 bits per heavy atom. The van der Waals surface area contributed by atoms with Crippen molar-refractivity contribution in [3.63, 3.8) is 0 Å². The molecule has 1 amide bonds. The van der Waals surface area contributed by atoms with Crippen molar-refractivity contribution in [3.8, 4) is 0 Å². The van der Waals surface area contributed by atoms with Crippen LogP contribution in [0.2, 0.25) is 0 Å². The van der Waals surface area contributed by atoms with E-state index in [1.807, 2.05) is 33.3 Å². The molecule has 0 aromatic heterocycles. The fourth-order valence-corrected chi connectivity index (χ4v) is 9.24. The highest BCUT2D eigenvalue weighted by atomic mass is 31.2. The van der Waals surface area contributed by atoms with Crippen LogP contribution >= 0.6 is 7.82 Å². The van der Waals surface area contributed by atoms with Crippen molar-refractivity contribution >= 4 is 19.7 Å². The third kappa shape index (κ3) is 51.0. The normalized spacial score (nSPS) is 14.0. The van der Waals surface area contributed by atoms with Gasteiger partial charge < -0.3 is 28.5 Å². The predicted octanol–water partition coefficient (Wildman–Crippen LogP) is 16.9. The molecule has 10 heteroatoms. The minimum Gasteiger partial charge on any atom is -0.756 e. The number of nitrogens with zero attached hydrogens (tertiary/aromatic N) is 1. The maximum absolute atomic E-state index is 13.5. The summed E-state index contributed by atoms with van der Waals surface area (Å²) in [6, 6.07) is -0.897. The van der Waals surface area contributed by atoms with Crippen LogP contribution < -0.4 is 10.2 Å². The first-order valence-corrected chi connectivity index (χ1v) is 30.8. The molecule has 0 bridgehead atoms. The number of carbonyl (C=O) groups excluding carboxylic acids is 2. The molecule has 0 aliphatic heterocycles. The molecule has 0 aromatic rings. The molecule has 3 unspecified atom stereocenters. The summed E-state index contributed by atoms with van der Waals surface area (Å²) in [5, 5.41) is 3.01. The van der Waals surface area contributed by atoms with Gasteiger partial charge in [-0.25, -0.2) is 0 Å². The molecule has 9 nitrogen and oxygen atoms in total. The second-order valence-electron chi connectivity index (χ2n) is 21.2. The number of allylic oxidation sites excluding steroid dienone is 5. The third-order valence-electron chi connectivity index (χ3n) is 13.1. The number of ether oxygens (including phenoxy) is 1. The van der Waals surface area contributed by atoms with E-state index in [4.69, 9.17) is 13.8 Å². The van der Waals surface area contributed by atoms with Crippen molar-refractivity contribution in [2.45, 2.75) is 290 Å². The lowest BCUT2D eigenvalue weighted by Crippen LogP contribution is -2.47. The zero-order valence-corrected chi connectivity index (χ0v) is 47.2. The summed E-state index contributed by atoms with van der Waals surface area (Å²) in [4.78, 5) is 39.8. The standard InChI is InChI=1S/C59H113N2O7P/c1-7-10-13-16-19-22-25-28-30-32-33-36-39-42-45-48-51-58(62)60-56(55-67-69(64,65)66-54-53-61(4,5)6)57(50-47-44-41-38-35-27-24-21-18-15-12-9-3)68-59(63)52-49-46-43-40-37-34-31-29-26-23-20-17-14-11-8-2/h30,32-33,36,47,50,56-57H,7-29,31,34-35,37-46,48-49,51-55H2,1-6H3,(H-,60,62,64,65)/b32-30+,36-33+,50-47+. The van der Waals surface area contributed by atoms with Crippen LogP contribution in [-0.2, 0) is 27.9 Å². The lowest BCUT2D eigenvalue weighted by atomic mass is 10.0. The number of quaternary nitrogens is 1. The molecule has 0 spiro atoms. The minimum atomic E-state index is -4.70. The van der Waals surface area contributed by atoms with Gasteiger partial charge in [0, 0.05) is 12.8 Å². The van der Waals surface area contributed by atoms with Crippen molar-refractivity contribution in [2.75, 3.05) is 40.9 Å². The topological polar surface area (TPSA) is 114 Å². The summed E-state index contributed by atoms with van der Waals surface area (Å²) < 4.78 is 30.2. The van der Waals surface area contributed by atoms with E-state index in [1.54, 1.807) is 0 Å². The number of esters is 1. The highest BCUT2D eigenvalue weighted by Gasteiger charge is 2.27. The third-order valence-corrected chi connectivity index (χ3v) is 14.1. The van der Waals surface area contributed by atoms with Gasteiger partial charge in [-0.2, -0.15) is 0 Å². The van der Waals surface area contributed by atoms with Gasteiger partial charge in [-0.15, -0.1) is 0 Å². The Kier molecular flexibility index (Phi) is 48.5. The van der Waals surface area contributed by atoms with E-state index in [9.17, 15) is 19.0 Å². The number of nitrogens with one attached hydrogen (secondary N) is 1. The Morgan fingerprint density at radius 2 is 0.870 bits per heavy atom. The van der Waals surface area contributed by atoms with Crippen molar-refractivity contribution in [3.05, 3.63) is 36.5 Å². The molecule has 0 radical (unpaired) electrons. The molecule has 0 fully saturated rings. The Bertz CT molecular complexity index is 1280. The number of unbranched alkanes of at least 4 members (excludes halogenated alkanes) is 34. The smallest absolute Gasteiger partial charge is 0.306 e. The monoisotopic (exact) mass is 993 g/mol. The second-order valence-corrected chi connectivity index (χ2v) is 22.6. The van der Waals surface area contributed by atoms with Gasteiger partial charge in [0.15, 0.2) is 0 Å². The summed E-state index contributed by atoms with van der Waals surface area (Å²) in [6.07, 6.45) is 58.2. The summed E-state index contributed by atoms with van der Waals surface area (Å²) in [5.41, 5.74) is 0. The Morgan fingerprint density at radius 1 is 0.507 bits per heavy atom. The summed E-state index contributed by atoms with van der Waals surface area (Å²) in [6.45, 7) is 6.83. The first kappa shape index (κ1) is 67.2. The largest absolute Gasteiger partial charge is 0.756 e. The lowest BCUT2D eigenvalue weighted by molar-refractivity contribution is -0.870.